The number of carboxylic acid groups (broad SMARTS) is 1. The fraction of sp³-hybridized carbons (Fsp3) is 0.381. The lowest BCUT2D eigenvalue weighted by molar-refractivity contribution is -0.149. The van der Waals surface area contributed by atoms with Crippen LogP contribution in [0.4, 0.5) is 5.95 Å². The van der Waals surface area contributed by atoms with Crippen LogP contribution in [0, 0.1) is 5.41 Å². The number of aromatic carboxylic acids is 1. The van der Waals surface area contributed by atoms with E-state index in [1.807, 2.05) is 27.7 Å². The number of carboxylic acids is 1. The zero-order valence-electron chi connectivity index (χ0n) is 17.3. The highest BCUT2D eigenvalue weighted by Gasteiger charge is 2.37. The van der Waals surface area contributed by atoms with Gasteiger partial charge in [-0.2, -0.15) is 0 Å². The molecule has 0 saturated heterocycles. The summed E-state index contributed by atoms with van der Waals surface area (Å²) in [6.07, 6.45) is 1.01. The van der Waals surface area contributed by atoms with Gasteiger partial charge in [0, 0.05) is 21.9 Å². The van der Waals surface area contributed by atoms with Crippen LogP contribution in [0.1, 0.15) is 56.7 Å². The van der Waals surface area contributed by atoms with E-state index in [1.165, 1.54) is 6.20 Å². The first kappa shape index (κ1) is 22.2. The standard InChI is InChI=1S/C21H23Cl2N3O4/c1-10-16(19(29)30-11(2)21(3,4)5)17(13-7-6-12(22)8-14(13)23)26-9-15(18(27)28)25-20(26)24-10/h6-9,11,17H,1-5H3,(H,24,25)(H,27,28). The summed E-state index contributed by atoms with van der Waals surface area (Å²) in [4.78, 5) is 28.8. The number of halogens is 2. The van der Waals surface area contributed by atoms with E-state index in [9.17, 15) is 14.7 Å². The number of rotatable bonds is 4. The number of esters is 1. The lowest BCUT2D eigenvalue weighted by atomic mass is 9.90. The Kier molecular flexibility index (Phi) is 5.89. The van der Waals surface area contributed by atoms with Crippen LogP contribution in [0.15, 0.2) is 35.7 Å². The van der Waals surface area contributed by atoms with Crippen molar-refractivity contribution in [2.75, 3.05) is 5.32 Å². The van der Waals surface area contributed by atoms with E-state index >= 15 is 0 Å². The van der Waals surface area contributed by atoms with Gasteiger partial charge in [0.1, 0.15) is 6.10 Å². The zero-order valence-corrected chi connectivity index (χ0v) is 18.8. The first-order chi connectivity index (χ1) is 13.9. The molecule has 3 rings (SSSR count). The Hall–Kier alpha value is -2.51. The van der Waals surface area contributed by atoms with E-state index in [2.05, 4.69) is 10.3 Å². The van der Waals surface area contributed by atoms with Crippen LogP contribution in [0.2, 0.25) is 10.0 Å². The van der Waals surface area contributed by atoms with Crippen molar-refractivity contribution >= 4 is 41.1 Å². The van der Waals surface area contributed by atoms with Gasteiger partial charge in [-0.15, -0.1) is 0 Å². The number of nitrogens with one attached hydrogen (secondary N) is 1. The third-order valence-corrected chi connectivity index (χ3v) is 5.75. The number of hydrogen-bond acceptors (Lipinski definition) is 5. The zero-order chi connectivity index (χ0) is 22.4. The van der Waals surface area contributed by atoms with Crippen molar-refractivity contribution in [3.05, 3.63) is 57.0 Å². The maximum atomic E-state index is 13.2. The number of nitrogens with zero attached hydrogens (tertiary/aromatic N) is 2. The summed E-state index contributed by atoms with van der Waals surface area (Å²) in [6.45, 7) is 9.48. The summed E-state index contributed by atoms with van der Waals surface area (Å²) >= 11 is 12.5. The molecule has 2 N–H and O–H groups in total. The summed E-state index contributed by atoms with van der Waals surface area (Å²) < 4.78 is 7.33. The molecule has 1 aromatic heterocycles. The van der Waals surface area contributed by atoms with Gasteiger partial charge in [0.2, 0.25) is 5.95 Å². The van der Waals surface area contributed by atoms with Crippen LogP contribution in [-0.2, 0) is 9.53 Å². The van der Waals surface area contributed by atoms with Crippen molar-refractivity contribution in [2.45, 2.75) is 46.8 Å². The second-order valence-corrected chi connectivity index (χ2v) is 9.15. The van der Waals surface area contributed by atoms with Gasteiger partial charge in [-0.1, -0.05) is 50.0 Å². The first-order valence-corrected chi connectivity index (χ1v) is 10.1. The number of ether oxygens (including phenoxy) is 1. The quantitative estimate of drug-likeness (QED) is 0.623. The molecule has 0 radical (unpaired) electrons. The number of carbonyl (C=O) groups is 2. The molecule has 2 unspecified atom stereocenters. The molecule has 0 saturated carbocycles. The van der Waals surface area contributed by atoms with E-state index in [1.54, 1.807) is 29.7 Å². The number of anilines is 1. The van der Waals surface area contributed by atoms with Crippen molar-refractivity contribution in [1.82, 2.24) is 9.55 Å². The molecule has 2 aromatic rings. The average molecular weight is 452 g/mol. The van der Waals surface area contributed by atoms with Crippen LogP contribution in [0.5, 0.6) is 0 Å². The molecule has 1 aliphatic heterocycles. The first-order valence-electron chi connectivity index (χ1n) is 9.36. The number of benzene rings is 1. The van der Waals surface area contributed by atoms with Gasteiger partial charge in [0.25, 0.3) is 0 Å². The smallest absolute Gasteiger partial charge is 0.356 e. The second-order valence-electron chi connectivity index (χ2n) is 8.31. The summed E-state index contributed by atoms with van der Waals surface area (Å²) in [5, 5.41) is 13.2. The van der Waals surface area contributed by atoms with Crippen molar-refractivity contribution in [3.63, 3.8) is 0 Å². The SMILES string of the molecule is CC1=C(C(=O)OC(C)C(C)(C)C)C(c2ccc(Cl)cc2Cl)n2cc(C(=O)O)nc2N1. The summed E-state index contributed by atoms with van der Waals surface area (Å²) in [6, 6.07) is 4.21. The van der Waals surface area contributed by atoms with Crippen LogP contribution >= 0.6 is 23.2 Å². The molecule has 0 fully saturated rings. The Morgan fingerprint density at radius 2 is 1.97 bits per heavy atom. The van der Waals surface area contributed by atoms with Gasteiger partial charge in [-0.05, 0) is 37.0 Å². The third-order valence-electron chi connectivity index (χ3n) is 5.19. The number of fused-ring (bicyclic) bond motifs is 1. The Bertz CT molecular complexity index is 1050. The van der Waals surface area contributed by atoms with Gasteiger partial charge in [0.15, 0.2) is 5.69 Å². The monoisotopic (exact) mass is 451 g/mol. The molecule has 0 amide bonds. The molecule has 7 nitrogen and oxygen atoms in total. The summed E-state index contributed by atoms with van der Waals surface area (Å²) in [5.41, 5.74) is 0.992. The van der Waals surface area contributed by atoms with Gasteiger partial charge >= 0.3 is 11.9 Å². The number of aromatic nitrogens is 2. The molecule has 2 atom stereocenters. The predicted molar refractivity (Wildman–Crippen MR) is 115 cm³/mol. The van der Waals surface area contributed by atoms with Crippen LogP contribution < -0.4 is 5.32 Å². The van der Waals surface area contributed by atoms with Gasteiger partial charge in [0.05, 0.1) is 11.6 Å². The topological polar surface area (TPSA) is 93.5 Å². The maximum Gasteiger partial charge on any atom is 0.356 e. The predicted octanol–water partition coefficient (Wildman–Crippen LogP) is 5.15. The summed E-state index contributed by atoms with van der Waals surface area (Å²) in [7, 11) is 0. The molecule has 0 spiro atoms. The second kappa shape index (κ2) is 7.96. The van der Waals surface area contributed by atoms with Crippen molar-refractivity contribution < 1.29 is 19.4 Å². The highest BCUT2D eigenvalue weighted by atomic mass is 35.5. The molecule has 0 aliphatic carbocycles. The fourth-order valence-electron chi connectivity index (χ4n) is 3.06. The minimum absolute atomic E-state index is 0.155. The molecule has 0 bridgehead atoms. The Labute approximate surface area is 184 Å². The number of hydrogen-bond donors (Lipinski definition) is 2. The number of allylic oxidation sites excluding steroid dienone is 1. The fourth-order valence-corrected chi connectivity index (χ4v) is 3.57. The molecule has 1 aromatic carbocycles. The third kappa shape index (κ3) is 4.18. The van der Waals surface area contributed by atoms with E-state index in [0.717, 1.165) is 0 Å². The van der Waals surface area contributed by atoms with Crippen LogP contribution in [0.25, 0.3) is 0 Å². The molecule has 9 heteroatoms. The molecular weight excluding hydrogens is 429 g/mol. The van der Waals surface area contributed by atoms with Crippen LogP contribution in [0.3, 0.4) is 0 Å². The highest BCUT2D eigenvalue weighted by molar-refractivity contribution is 6.35. The Balaban J connectivity index is 2.15. The average Bonchev–Trinajstić information content (AvgIpc) is 3.04. The Morgan fingerprint density at radius 3 is 2.53 bits per heavy atom. The summed E-state index contributed by atoms with van der Waals surface area (Å²) in [5.74, 6) is -1.40. The van der Waals surface area contributed by atoms with Crippen molar-refractivity contribution in [3.8, 4) is 0 Å². The minimum atomic E-state index is -1.18. The van der Waals surface area contributed by atoms with E-state index in [-0.39, 0.29) is 17.2 Å². The van der Waals surface area contributed by atoms with Crippen molar-refractivity contribution in [2.24, 2.45) is 5.41 Å². The van der Waals surface area contributed by atoms with Gasteiger partial charge in [-0.3, -0.25) is 0 Å². The number of imidazole rings is 1. The maximum absolute atomic E-state index is 13.2. The largest absolute Gasteiger partial charge is 0.476 e. The van der Waals surface area contributed by atoms with Crippen molar-refractivity contribution in [1.29, 1.82) is 0 Å². The highest BCUT2D eigenvalue weighted by Crippen LogP contribution is 2.40. The van der Waals surface area contributed by atoms with E-state index in [0.29, 0.717) is 32.8 Å². The lowest BCUT2D eigenvalue weighted by Gasteiger charge is -2.32. The van der Waals surface area contributed by atoms with Gasteiger partial charge < -0.3 is 19.7 Å². The van der Waals surface area contributed by atoms with E-state index in [4.69, 9.17) is 27.9 Å². The Morgan fingerprint density at radius 1 is 1.30 bits per heavy atom. The molecule has 160 valence electrons. The van der Waals surface area contributed by atoms with Crippen LogP contribution in [-0.4, -0.2) is 32.7 Å². The van der Waals surface area contributed by atoms with E-state index < -0.39 is 18.0 Å². The molecule has 1 aliphatic rings. The molecular formula is C21H23Cl2N3O4. The molecule has 2 heterocycles. The van der Waals surface area contributed by atoms with Gasteiger partial charge in [-0.25, -0.2) is 14.6 Å². The number of carbonyl (C=O) groups excluding carboxylic acids is 1. The molecule has 30 heavy (non-hydrogen) atoms. The minimum Gasteiger partial charge on any atom is -0.476 e. The lowest BCUT2D eigenvalue weighted by Crippen LogP contribution is -2.34. The normalized spacial score (nSPS) is 17.2.